The molecule has 0 unspecified atom stereocenters. The summed E-state index contributed by atoms with van der Waals surface area (Å²) in [5.41, 5.74) is 0.293. The van der Waals surface area contributed by atoms with Crippen LogP contribution < -0.4 is 5.32 Å². The van der Waals surface area contributed by atoms with Crippen molar-refractivity contribution in [1.82, 2.24) is 5.32 Å². The van der Waals surface area contributed by atoms with E-state index in [0.29, 0.717) is 12.3 Å². The van der Waals surface area contributed by atoms with Crippen LogP contribution in [0.1, 0.15) is 37.4 Å². The highest BCUT2D eigenvalue weighted by Crippen LogP contribution is 2.37. The van der Waals surface area contributed by atoms with E-state index in [0.717, 1.165) is 0 Å². The number of amides is 1. The van der Waals surface area contributed by atoms with E-state index in [2.05, 4.69) is 17.9 Å². The molecule has 0 saturated heterocycles. The Labute approximate surface area is 143 Å². The highest BCUT2D eigenvalue weighted by atomic mass is 32.1. The minimum absolute atomic E-state index is 0.0137. The molecule has 6 nitrogen and oxygen atoms in total. The Balaban J connectivity index is 2.15. The summed E-state index contributed by atoms with van der Waals surface area (Å²) in [5.74, 6) is -0.990. The maximum absolute atomic E-state index is 12.7. The molecule has 122 valence electrons. The predicted molar refractivity (Wildman–Crippen MR) is 91.8 cm³/mol. The van der Waals surface area contributed by atoms with Crippen molar-refractivity contribution >= 4 is 30.0 Å². The number of carbonyl (C=O) groups excluding carboxylic acids is 2. The van der Waals surface area contributed by atoms with Crippen molar-refractivity contribution in [2.24, 2.45) is 0 Å². The number of thiol groups is 1. The van der Waals surface area contributed by atoms with Crippen LogP contribution in [0, 0.1) is 5.41 Å². The van der Waals surface area contributed by atoms with Gasteiger partial charge in [-0.1, -0.05) is 12.1 Å². The predicted octanol–water partition coefficient (Wildman–Crippen LogP) is 1.72. The zero-order chi connectivity index (χ0) is 17.4. The fraction of sp³-hybridized carbons (Fsp3) is 0.118. The number of nitrogens with one attached hydrogen (secondary N) is 2. The molecule has 0 saturated carbocycles. The zero-order valence-electron chi connectivity index (χ0n) is 12.5. The van der Waals surface area contributed by atoms with Gasteiger partial charge in [0.05, 0.1) is 16.8 Å². The summed E-state index contributed by atoms with van der Waals surface area (Å²) in [7, 11) is 0. The van der Waals surface area contributed by atoms with E-state index in [1.807, 2.05) is 0 Å². The summed E-state index contributed by atoms with van der Waals surface area (Å²) in [4.78, 5) is 24.8. The largest absolute Gasteiger partial charge is 0.507 e. The van der Waals surface area contributed by atoms with Crippen LogP contribution in [-0.4, -0.2) is 39.9 Å². The molecule has 0 atom stereocenters. The van der Waals surface area contributed by atoms with Gasteiger partial charge in [0.1, 0.15) is 11.5 Å². The van der Waals surface area contributed by atoms with E-state index in [1.54, 1.807) is 0 Å². The fourth-order valence-corrected chi connectivity index (χ4v) is 2.85. The molecule has 2 aromatic carbocycles. The molecule has 0 heterocycles. The molecule has 2 aromatic rings. The molecule has 1 amide bonds. The second-order valence-electron chi connectivity index (χ2n) is 5.30. The van der Waals surface area contributed by atoms with Gasteiger partial charge in [-0.25, -0.2) is 0 Å². The smallest absolute Gasteiger partial charge is 0.251 e. The normalized spacial score (nSPS) is 12.5. The number of phenolic OH excluding ortho intramolecular Hbond substituents is 2. The van der Waals surface area contributed by atoms with Crippen molar-refractivity contribution in [3.63, 3.8) is 0 Å². The first-order valence-electron chi connectivity index (χ1n) is 7.17. The van der Waals surface area contributed by atoms with Crippen LogP contribution in [-0.2, 0) is 0 Å². The molecule has 0 bridgehead atoms. The van der Waals surface area contributed by atoms with E-state index < -0.39 is 11.7 Å². The third-order valence-electron chi connectivity index (χ3n) is 3.81. The van der Waals surface area contributed by atoms with E-state index in [1.165, 1.54) is 30.3 Å². The Morgan fingerprint density at radius 1 is 1.12 bits per heavy atom. The summed E-state index contributed by atoms with van der Waals surface area (Å²) in [6.07, 6.45) is 0. The van der Waals surface area contributed by atoms with Gasteiger partial charge in [0.15, 0.2) is 5.78 Å². The Bertz CT molecular complexity index is 892. The molecule has 0 spiro atoms. The molecular weight excluding hydrogens is 328 g/mol. The molecule has 1 aliphatic carbocycles. The van der Waals surface area contributed by atoms with Crippen LogP contribution in [0.25, 0.3) is 0 Å². The first-order chi connectivity index (χ1) is 11.5. The number of rotatable bonds is 3. The average molecular weight is 342 g/mol. The Morgan fingerprint density at radius 3 is 2.54 bits per heavy atom. The van der Waals surface area contributed by atoms with E-state index in [9.17, 15) is 19.8 Å². The summed E-state index contributed by atoms with van der Waals surface area (Å²) in [6, 6.07) is 6.95. The number of aromatic hydroxyl groups is 2. The van der Waals surface area contributed by atoms with Crippen LogP contribution in [0.3, 0.4) is 0 Å². The van der Waals surface area contributed by atoms with Crippen molar-refractivity contribution < 1.29 is 19.8 Å². The Hall–Kier alpha value is -2.80. The lowest BCUT2D eigenvalue weighted by Crippen LogP contribution is -2.27. The lowest BCUT2D eigenvalue weighted by Gasteiger charge is -2.21. The summed E-state index contributed by atoms with van der Waals surface area (Å²) in [5, 5.41) is 31.0. The molecule has 3 rings (SSSR count). The van der Waals surface area contributed by atoms with Crippen molar-refractivity contribution in [2.45, 2.75) is 0 Å². The lowest BCUT2D eigenvalue weighted by atomic mass is 9.82. The van der Waals surface area contributed by atoms with Crippen molar-refractivity contribution in [2.75, 3.05) is 12.3 Å². The van der Waals surface area contributed by atoms with Crippen LogP contribution in [0.5, 0.6) is 11.5 Å². The molecule has 4 N–H and O–H groups in total. The quantitative estimate of drug-likeness (QED) is 0.467. The van der Waals surface area contributed by atoms with Crippen LogP contribution in [0.15, 0.2) is 30.3 Å². The fourth-order valence-electron chi connectivity index (χ4n) is 2.73. The lowest BCUT2D eigenvalue weighted by molar-refractivity contribution is 0.0955. The summed E-state index contributed by atoms with van der Waals surface area (Å²) >= 11 is 4.00. The zero-order valence-corrected chi connectivity index (χ0v) is 13.4. The van der Waals surface area contributed by atoms with Gasteiger partial charge in [-0.3, -0.25) is 15.0 Å². The number of hydrogen-bond acceptors (Lipinski definition) is 6. The molecule has 0 aliphatic heterocycles. The second-order valence-corrected chi connectivity index (χ2v) is 5.75. The van der Waals surface area contributed by atoms with E-state index >= 15 is 0 Å². The minimum Gasteiger partial charge on any atom is -0.507 e. The van der Waals surface area contributed by atoms with Crippen LogP contribution >= 0.6 is 12.6 Å². The first kappa shape index (κ1) is 16.1. The maximum Gasteiger partial charge on any atom is 0.251 e. The van der Waals surface area contributed by atoms with Crippen molar-refractivity contribution in [3.8, 4) is 11.5 Å². The number of fused-ring (bicyclic) bond motifs is 2. The van der Waals surface area contributed by atoms with Crippen LogP contribution in [0.2, 0.25) is 0 Å². The number of benzene rings is 2. The minimum atomic E-state index is -0.453. The Kier molecular flexibility index (Phi) is 4.02. The van der Waals surface area contributed by atoms with Gasteiger partial charge in [0.2, 0.25) is 0 Å². The number of ketones is 1. The third kappa shape index (κ3) is 2.43. The summed E-state index contributed by atoms with van der Waals surface area (Å²) in [6.45, 7) is 0.347. The average Bonchev–Trinajstić information content (AvgIpc) is 2.56. The van der Waals surface area contributed by atoms with Gasteiger partial charge >= 0.3 is 0 Å². The van der Waals surface area contributed by atoms with Crippen LogP contribution in [0.4, 0.5) is 0 Å². The molecular formula is C17H14N2O4S. The number of hydrogen-bond donors (Lipinski definition) is 5. The standard InChI is InChI=1S/C17H14N2O4S/c18-15-13-9(2-1-3-11(13)20)16(22)10-6-8(7-12(21)14(10)15)17(23)19-4-5-24/h1-3,6-7,18,20-21,24H,4-5H2,(H,19,23). The van der Waals surface area contributed by atoms with Gasteiger partial charge < -0.3 is 15.5 Å². The van der Waals surface area contributed by atoms with Gasteiger partial charge in [0, 0.05) is 29.0 Å². The molecule has 7 heteroatoms. The monoisotopic (exact) mass is 342 g/mol. The van der Waals surface area contributed by atoms with Gasteiger partial charge in [-0.2, -0.15) is 12.6 Å². The molecule has 0 aromatic heterocycles. The maximum atomic E-state index is 12.7. The number of carbonyl (C=O) groups is 2. The molecule has 1 aliphatic rings. The third-order valence-corrected chi connectivity index (χ3v) is 4.03. The van der Waals surface area contributed by atoms with Crippen molar-refractivity contribution in [1.29, 1.82) is 5.41 Å². The van der Waals surface area contributed by atoms with Gasteiger partial charge in [-0.05, 0) is 18.2 Å². The molecule has 0 radical (unpaired) electrons. The number of phenols is 2. The second kappa shape index (κ2) is 6.01. The highest BCUT2D eigenvalue weighted by molar-refractivity contribution is 7.80. The van der Waals surface area contributed by atoms with Crippen molar-refractivity contribution in [3.05, 3.63) is 58.1 Å². The molecule has 24 heavy (non-hydrogen) atoms. The van der Waals surface area contributed by atoms with E-state index in [4.69, 9.17) is 5.41 Å². The SMILES string of the molecule is N=C1c2c(O)cccc2C(=O)c2cc(C(=O)NCCS)cc(O)c21. The van der Waals surface area contributed by atoms with Gasteiger partial charge in [0.25, 0.3) is 5.91 Å². The van der Waals surface area contributed by atoms with E-state index in [-0.39, 0.29) is 45.0 Å². The summed E-state index contributed by atoms with van der Waals surface area (Å²) < 4.78 is 0. The topological polar surface area (TPSA) is 110 Å². The Morgan fingerprint density at radius 2 is 1.83 bits per heavy atom. The van der Waals surface area contributed by atoms with Gasteiger partial charge in [-0.15, -0.1) is 0 Å². The first-order valence-corrected chi connectivity index (χ1v) is 7.81. The highest BCUT2D eigenvalue weighted by Gasteiger charge is 2.32. The molecule has 0 fully saturated rings.